The van der Waals surface area contributed by atoms with Gasteiger partial charge < -0.3 is 14.2 Å². The highest BCUT2D eigenvalue weighted by Crippen LogP contribution is 2.45. The third-order valence-corrected chi connectivity index (χ3v) is 4.89. The molecule has 7 nitrogen and oxygen atoms in total. The average molecular weight is 347 g/mol. The molecule has 1 atom stereocenters. The second-order valence-electron chi connectivity index (χ2n) is 8.09. The molecule has 3 heterocycles. The minimum absolute atomic E-state index is 0.0900. The van der Waals surface area contributed by atoms with E-state index in [4.69, 9.17) is 14.2 Å². The minimum Gasteiger partial charge on any atom is -0.486 e. The molecule has 0 N–H and O–H groups in total. The molecule has 3 saturated heterocycles. The van der Waals surface area contributed by atoms with Crippen LogP contribution in [0.5, 0.6) is 0 Å². The second-order valence-corrected chi connectivity index (χ2v) is 8.09. The zero-order valence-corrected chi connectivity index (χ0v) is 14.6. The maximum absolute atomic E-state index is 12.6. The topological polar surface area (TPSA) is 82.1 Å². The third-order valence-electron chi connectivity index (χ3n) is 4.89. The quantitative estimate of drug-likeness (QED) is 0.621. The Kier molecular flexibility index (Phi) is 3.30. The summed E-state index contributed by atoms with van der Waals surface area (Å²) in [4.78, 5) is 38.0. The van der Waals surface area contributed by atoms with Crippen LogP contribution in [0.1, 0.15) is 33.6 Å². The standard InChI is InChI=1S/C18H21NO6/c1-17(2,3)25-16(22)19-8-18(9-19)6-13(20)11-5-4-10-12(14(11)24-18)7-23-15(10)21/h4,11H,5-9H2,1-3H3. The number of likely N-dealkylation sites (tertiary alicyclic amines) is 1. The summed E-state index contributed by atoms with van der Waals surface area (Å²) in [7, 11) is 0. The van der Waals surface area contributed by atoms with Gasteiger partial charge in [0.15, 0.2) is 5.60 Å². The van der Waals surface area contributed by atoms with Crippen LogP contribution in [0.3, 0.4) is 0 Å². The van der Waals surface area contributed by atoms with E-state index in [1.165, 1.54) is 0 Å². The first-order valence-electron chi connectivity index (χ1n) is 8.48. The number of Topliss-reactive ketones (excluding diaryl/α,β-unsaturated/α-hetero) is 1. The van der Waals surface area contributed by atoms with Crippen LogP contribution in [-0.4, -0.2) is 53.6 Å². The monoisotopic (exact) mass is 347 g/mol. The van der Waals surface area contributed by atoms with Crippen molar-refractivity contribution in [2.24, 2.45) is 5.92 Å². The van der Waals surface area contributed by atoms with Crippen molar-refractivity contribution in [1.82, 2.24) is 4.90 Å². The first-order valence-corrected chi connectivity index (χ1v) is 8.48. The number of carbonyl (C=O) groups excluding carboxylic acids is 3. The van der Waals surface area contributed by atoms with E-state index in [0.717, 1.165) is 0 Å². The molecule has 0 aromatic rings. The van der Waals surface area contributed by atoms with Crippen molar-refractivity contribution in [1.29, 1.82) is 0 Å². The molecule has 3 aliphatic heterocycles. The van der Waals surface area contributed by atoms with Crippen LogP contribution in [-0.2, 0) is 23.8 Å². The molecule has 7 heteroatoms. The van der Waals surface area contributed by atoms with E-state index in [1.807, 2.05) is 20.8 Å². The van der Waals surface area contributed by atoms with Gasteiger partial charge in [-0.25, -0.2) is 9.59 Å². The molecule has 0 aromatic carbocycles. The smallest absolute Gasteiger partial charge is 0.410 e. The molecule has 1 aliphatic carbocycles. The Bertz CT molecular complexity index is 735. The fourth-order valence-electron chi connectivity index (χ4n) is 3.78. The molecule has 134 valence electrons. The van der Waals surface area contributed by atoms with Gasteiger partial charge in [-0.3, -0.25) is 9.69 Å². The number of amides is 1. The van der Waals surface area contributed by atoms with E-state index >= 15 is 0 Å². The molecule has 0 saturated carbocycles. The largest absolute Gasteiger partial charge is 0.486 e. The molecule has 4 aliphatic rings. The van der Waals surface area contributed by atoms with Gasteiger partial charge in [0.05, 0.1) is 31.0 Å². The molecule has 0 aromatic heterocycles. The Morgan fingerprint density at radius 3 is 2.72 bits per heavy atom. The molecule has 0 radical (unpaired) electrons. The van der Waals surface area contributed by atoms with Crippen LogP contribution in [0.4, 0.5) is 4.79 Å². The number of carbonyl (C=O) groups is 3. The number of esters is 1. The van der Waals surface area contributed by atoms with Crippen molar-refractivity contribution in [3.63, 3.8) is 0 Å². The van der Waals surface area contributed by atoms with Crippen molar-refractivity contribution in [2.45, 2.75) is 44.8 Å². The first-order chi connectivity index (χ1) is 11.7. The Morgan fingerprint density at radius 1 is 1.32 bits per heavy atom. The summed E-state index contributed by atoms with van der Waals surface area (Å²) in [6, 6.07) is 0. The van der Waals surface area contributed by atoms with E-state index in [9.17, 15) is 14.4 Å². The summed E-state index contributed by atoms with van der Waals surface area (Å²) in [5, 5.41) is 0. The van der Waals surface area contributed by atoms with Crippen LogP contribution in [0, 0.1) is 5.92 Å². The summed E-state index contributed by atoms with van der Waals surface area (Å²) in [6.45, 7) is 6.20. The molecule has 1 amide bonds. The van der Waals surface area contributed by atoms with Crippen molar-refractivity contribution in [3.8, 4) is 0 Å². The fraction of sp³-hybridized carbons (Fsp3) is 0.611. The molecular weight excluding hydrogens is 326 g/mol. The van der Waals surface area contributed by atoms with Crippen molar-refractivity contribution < 1.29 is 28.6 Å². The average Bonchev–Trinajstić information content (AvgIpc) is 2.84. The molecule has 25 heavy (non-hydrogen) atoms. The van der Waals surface area contributed by atoms with Crippen molar-refractivity contribution >= 4 is 17.8 Å². The zero-order valence-electron chi connectivity index (χ0n) is 14.6. The number of cyclic esters (lactones) is 1. The van der Waals surface area contributed by atoms with E-state index in [1.54, 1.807) is 11.0 Å². The molecule has 3 fully saturated rings. The number of hydrogen-bond acceptors (Lipinski definition) is 6. The van der Waals surface area contributed by atoms with Gasteiger partial charge in [0, 0.05) is 5.57 Å². The Morgan fingerprint density at radius 2 is 2.04 bits per heavy atom. The van der Waals surface area contributed by atoms with E-state index in [2.05, 4.69) is 0 Å². The van der Waals surface area contributed by atoms with Gasteiger partial charge in [-0.05, 0) is 27.2 Å². The molecular formula is C18H21NO6. The zero-order chi connectivity index (χ0) is 18.0. The summed E-state index contributed by atoms with van der Waals surface area (Å²) in [6.07, 6.45) is 2.10. The SMILES string of the molecule is CC(C)(C)OC(=O)N1CC2(CC(=O)C3CC=C4C(=O)OCC4=C3O2)C1. The van der Waals surface area contributed by atoms with Gasteiger partial charge in [0.2, 0.25) is 0 Å². The molecule has 1 unspecified atom stereocenters. The highest BCUT2D eigenvalue weighted by molar-refractivity contribution is 5.98. The third kappa shape index (κ3) is 2.62. The number of nitrogens with zero attached hydrogens (tertiary/aromatic N) is 1. The van der Waals surface area contributed by atoms with Gasteiger partial charge in [0.25, 0.3) is 0 Å². The Balaban J connectivity index is 1.52. The predicted octanol–water partition coefficient (Wildman–Crippen LogP) is 1.72. The van der Waals surface area contributed by atoms with Gasteiger partial charge in [-0.1, -0.05) is 6.08 Å². The number of fused-ring (bicyclic) bond motifs is 2. The lowest BCUT2D eigenvalue weighted by Crippen LogP contribution is -2.67. The maximum atomic E-state index is 12.6. The van der Waals surface area contributed by atoms with Crippen LogP contribution < -0.4 is 0 Å². The number of rotatable bonds is 0. The highest BCUT2D eigenvalue weighted by atomic mass is 16.6. The normalized spacial score (nSPS) is 27.1. The van der Waals surface area contributed by atoms with E-state index in [-0.39, 0.29) is 30.7 Å². The summed E-state index contributed by atoms with van der Waals surface area (Å²) in [5.41, 5.74) is -0.0755. The van der Waals surface area contributed by atoms with Crippen molar-refractivity contribution in [3.05, 3.63) is 23.0 Å². The predicted molar refractivity (Wildman–Crippen MR) is 85.4 cm³/mol. The van der Waals surface area contributed by atoms with Crippen LogP contribution in [0.15, 0.2) is 23.0 Å². The summed E-state index contributed by atoms with van der Waals surface area (Å²) < 4.78 is 16.6. The first kappa shape index (κ1) is 16.2. The van der Waals surface area contributed by atoms with Gasteiger partial charge >= 0.3 is 12.1 Å². The number of hydrogen-bond donors (Lipinski definition) is 0. The number of ether oxygens (including phenoxy) is 3. The lowest BCUT2D eigenvalue weighted by Gasteiger charge is -2.52. The Labute approximate surface area is 145 Å². The van der Waals surface area contributed by atoms with Crippen LogP contribution in [0.25, 0.3) is 0 Å². The lowest BCUT2D eigenvalue weighted by molar-refractivity contribution is -0.161. The second kappa shape index (κ2) is 5.09. The molecule has 0 bridgehead atoms. The molecule has 1 spiro atoms. The lowest BCUT2D eigenvalue weighted by atomic mass is 9.77. The van der Waals surface area contributed by atoms with E-state index < -0.39 is 17.3 Å². The van der Waals surface area contributed by atoms with E-state index in [0.29, 0.717) is 36.4 Å². The molecule has 4 rings (SSSR count). The number of ketones is 1. The van der Waals surface area contributed by atoms with Crippen LogP contribution >= 0.6 is 0 Å². The van der Waals surface area contributed by atoms with Gasteiger partial charge in [-0.15, -0.1) is 0 Å². The van der Waals surface area contributed by atoms with Gasteiger partial charge in [-0.2, -0.15) is 0 Å². The Hall–Kier alpha value is -2.31. The van der Waals surface area contributed by atoms with Crippen molar-refractivity contribution in [2.75, 3.05) is 19.7 Å². The van der Waals surface area contributed by atoms with Crippen LogP contribution in [0.2, 0.25) is 0 Å². The van der Waals surface area contributed by atoms with Gasteiger partial charge in [0.1, 0.15) is 23.8 Å². The highest BCUT2D eigenvalue weighted by Gasteiger charge is 2.56. The minimum atomic E-state index is -0.707. The summed E-state index contributed by atoms with van der Waals surface area (Å²) in [5.74, 6) is -0.0502. The fourth-order valence-corrected chi connectivity index (χ4v) is 3.78. The number of allylic oxidation sites excluding steroid dienone is 2. The maximum Gasteiger partial charge on any atom is 0.410 e. The summed E-state index contributed by atoms with van der Waals surface area (Å²) >= 11 is 0.